The topological polar surface area (TPSA) is 61.4 Å². The van der Waals surface area contributed by atoms with Gasteiger partial charge in [0.05, 0.1) is 5.92 Å². The average molecular weight is 350 g/mol. The summed E-state index contributed by atoms with van der Waals surface area (Å²) in [5, 5.41) is 6.58. The predicted molar refractivity (Wildman–Crippen MR) is 95.3 cm³/mol. The molecule has 6 heteroatoms. The standard InChI is InChI=1S/C18H24ClN3O2/c1-12-2-4-15(19)8-16(12)22-7-6-13(11-22)9-21-18(24)14-3-5-17(23)20-10-14/h2,4,8,13-14H,3,5-7,9-11H2,1H3,(H,20,23)(H,21,24)/t13-,14-/m0/s1. The van der Waals surface area contributed by atoms with Crippen molar-refractivity contribution in [1.82, 2.24) is 10.6 Å². The highest BCUT2D eigenvalue weighted by Crippen LogP contribution is 2.29. The van der Waals surface area contributed by atoms with Gasteiger partial charge >= 0.3 is 0 Å². The number of rotatable bonds is 4. The largest absolute Gasteiger partial charge is 0.371 e. The quantitative estimate of drug-likeness (QED) is 0.875. The number of aryl methyl sites for hydroxylation is 1. The third kappa shape index (κ3) is 4.01. The second-order valence-corrected chi connectivity index (χ2v) is 7.25. The molecule has 0 aliphatic carbocycles. The van der Waals surface area contributed by atoms with Crippen molar-refractivity contribution < 1.29 is 9.59 Å². The van der Waals surface area contributed by atoms with Gasteiger partial charge in [0.25, 0.3) is 0 Å². The summed E-state index contributed by atoms with van der Waals surface area (Å²) >= 11 is 6.12. The molecule has 2 N–H and O–H groups in total. The summed E-state index contributed by atoms with van der Waals surface area (Å²) in [6.45, 7) is 5.17. The van der Waals surface area contributed by atoms with Crippen LogP contribution in [0.15, 0.2) is 18.2 Å². The molecule has 2 atom stereocenters. The molecule has 2 aliphatic heterocycles. The molecule has 2 fully saturated rings. The summed E-state index contributed by atoms with van der Waals surface area (Å²) in [7, 11) is 0. The SMILES string of the molecule is Cc1ccc(Cl)cc1N1CC[C@@H](CNC(=O)[C@H]2CCC(=O)NC2)C1. The van der Waals surface area contributed by atoms with Crippen LogP contribution in [0.25, 0.3) is 0 Å². The van der Waals surface area contributed by atoms with E-state index >= 15 is 0 Å². The van der Waals surface area contributed by atoms with Crippen molar-refractivity contribution in [1.29, 1.82) is 0 Å². The van der Waals surface area contributed by atoms with Crippen LogP contribution in [0, 0.1) is 18.8 Å². The minimum absolute atomic E-state index is 0.0439. The van der Waals surface area contributed by atoms with E-state index in [1.165, 1.54) is 11.3 Å². The Balaban J connectivity index is 1.49. The first-order valence-corrected chi connectivity index (χ1v) is 8.96. The summed E-state index contributed by atoms with van der Waals surface area (Å²) in [6, 6.07) is 5.98. The normalized spacial score (nSPS) is 23.9. The van der Waals surface area contributed by atoms with E-state index in [9.17, 15) is 9.59 Å². The molecule has 2 saturated heterocycles. The molecule has 2 aliphatic rings. The van der Waals surface area contributed by atoms with Crippen LogP contribution in [0.1, 0.15) is 24.8 Å². The molecule has 5 nitrogen and oxygen atoms in total. The molecule has 3 rings (SSSR count). The van der Waals surface area contributed by atoms with Crippen molar-refractivity contribution in [3.05, 3.63) is 28.8 Å². The molecule has 0 aromatic heterocycles. The van der Waals surface area contributed by atoms with Crippen LogP contribution >= 0.6 is 11.6 Å². The first-order chi connectivity index (χ1) is 11.5. The third-order valence-electron chi connectivity index (χ3n) is 5.00. The Morgan fingerprint density at radius 3 is 3.00 bits per heavy atom. The molecule has 1 aromatic rings. The summed E-state index contributed by atoms with van der Waals surface area (Å²) in [5.74, 6) is 0.468. The predicted octanol–water partition coefficient (Wildman–Crippen LogP) is 2.12. The number of carbonyl (C=O) groups excluding carboxylic acids is 2. The number of amides is 2. The monoisotopic (exact) mass is 349 g/mol. The number of nitrogens with one attached hydrogen (secondary N) is 2. The highest BCUT2D eigenvalue weighted by Gasteiger charge is 2.27. The zero-order chi connectivity index (χ0) is 17.1. The molecule has 2 amide bonds. The number of carbonyl (C=O) groups is 2. The van der Waals surface area contributed by atoms with Gasteiger partial charge in [0, 0.05) is 43.3 Å². The van der Waals surface area contributed by atoms with E-state index in [1.54, 1.807) is 0 Å². The smallest absolute Gasteiger partial charge is 0.224 e. The van der Waals surface area contributed by atoms with Crippen LogP contribution in [0.5, 0.6) is 0 Å². The van der Waals surface area contributed by atoms with Gasteiger partial charge in [-0.15, -0.1) is 0 Å². The maximum Gasteiger partial charge on any atom is 0.224 e. The Hall–Kier alpha value is -1.75. The van der Waals surface area contributed by atoms with E-state index in [1.807, 2.05) is 18.2 Å². The Bertz CT molecular complexity index is 625. The van der Waals surface area contributed by atoms with Crippen molar-refractivity contribution in [3.63, 3.8) is 0 Å². The first-order valence-electron chi connectivity index (χ1n) is 8.58. The Labute approximate surface area is 147 Å². The fraction of sp³-hybridized carbons (Fsp3) is 0.556. The number of hydrogen-bond acceptors (Lipinski definition) is 3. The van der Waals surface area contributed by atoms with Crippen molar-refractivity contribution in [2.75, 3.05) is 31.1 Å². The molecular formula is C18H24ClN3O2. The summed E-state index contributed by atoms with van der Waals surface area (Å²) in [5.41, 5.74) is 2.41. The molecule has 1 aromatic carbocycles. The van der Waals surface area contributed by atoms with Gasteiger partial charge < -0.3 is 15.5 Å². The lowest BCUT2D eigenvalue weighted by Gasteiger charge is -2.23. The number of benzene rings is 1. The Morgan fingerprint density at radius 1 is 1.42 bits per heavy atom. The number of halogens is 1. The molecule has 0 bridgehead atoms. The lowest BCUT2D eigenvalue weighted by molar-refractivity contribution is -0.129. The van der Waals surface area contributed by atoms with E-state index in [2.05, 4.69) is 22.5 Å². The van der Waals surface area contributed by atoms with Gasteiger partial charge in [-0.3, -0.25) is 9.59 Å². The fourth-order valence-electron chi connectivity index (χ4n) is 3.49. The number of nitrogens with zero attached hydrogens (tertiary/aromatic N) is 1. The van der Waals surface area contributed by atoms with Crippen molar-refractivity contribution in [2.24, 2.45) is 11.8 Å². The molecule has 0 radical (unpaired) electrons. The van der Waals surface area contributed by atoms with Crippen LogP contribution in [0.2, 0.25) is 5.02 Å². The van der Waals surface area contributed by atoms with Crippen LogP contribution in [0.3, 0.4) is 0 Å². The minimum atomic E-state index is -0.0876. The lowest BCUT2D eigenvalue weighted by Crippen LogP contribution is -2.44. The van der Waals surface area contributed by atoms with E-state index in [4.69, 9.17) is 11.6 Å². The summed E-state index contributed by atoms with van der Waals surface area (Å²) in [6.07, 6.45) is 2.16. The highest BCUT2D eigenvalue weighted by molar-refractivity contribution is 6.30. The van der Waals surface area contributed by atoms with Gasteiger partial charge in [-0.1, -0.05) is 17.7 Å². The molecular weight excluding hydrogens is 326 g/mol. The van der Waals surface area contributed by atoms with Gasteiger partial charge in [0.2, 0.25) is 11.8 Å². The first kappa shape index (κ1) is 17.1. The van der Waals surface area contributed by atoms with E-state index < -0.39 is 0 Å². The Kier molecular flexibility index (Phi) is 5.29. The van der Waals surface area contributed by atoms with Crippen molar-refractivity contribution in [3.8, 4) is 0 Å². The van der Waals surface area contributed by atoms with Gasteiger partial charge in [-0.25, -0.2) is 0 Å². The zero-order valence-corrected chi connectivity index (χ0v) is 14.7. The zero-order valence-electron chi connectivity index (χ0n) is 14.0. The van der Waals surface area contributed by atoms with E-state index in [0.717, 1.165) is 24.5 Å². The molecule has 0 saturated carbocycles. The molecule has 24 heavy (non-hydrogen) atoms. The fourth-order valence-corrected chi connectivity index (χ4v) is 3.65. The molecule has 2 heterocycles. The molecule has 0 unspecified atom stereocenters. The van der Waals surface area contributed by atoms with Gasteiger partial charge in [0.15, 0.2) is 0 Å². The van der Waals surface area contributed by atoms with Crippen molar-refractivity contribution >= 4 is 29.1 Å². The van der Waals surface area contributed by atoms with Crippen LogP contribution in [-0.2, 0) is 9.59 Å². The number of anilines is 1. The lowest BCUT2D eigenvalue weighted by atomic mass is 9.98. The van der Waals surface area contributed by atoms with Gasteiger partial charge in [-0.2, -0.15) is 0 Å². The van der Waals surface area contributed by atoms with Crippen LogP contribution in [0.4, 0.5) is 5.69 Å². The number of hydrogen-bond donors (Lipinski definition) is 2. The maximum absolute atomic E-state index is 12.2. The second-order valence-electron chi connectivity index (χ2n) is 6.82. The molecule has 130 valence electrons. The second kappa shape index (κ2) is 7.43. The minimum Gasteiger partial charge on any atom is -0.371 e. The summed E-state index contributed by atoms with van der Waals surface area (Å²) in [4.78, 5) is 25.7. The summed E-state index contributed by atoms with van der Waals surface area (Å²) < 4.78 is 0. The third-order valence-corrected chi connectivity index (χ3v) is 5.23. The van der Waals surface area contributed by atoms with Gasteiger partial charge in [-0.05, 0) is 43.4 Å². The van der Waals surface area contributed by atoms with Crippen LogP contribution < -0.4 is 15.5 Å². The maximum atomic E-state index is 12.2. The Morgan fingerprint density at radius 2 is 2.25 bits per heavy atom. The molecule has 0 spiro atoms. The van der Waals surface area contributed by atoms with Crippen LogP contribution in [-0.4, -0.2) is 38.0 Å². The van der Waals surface area contributed by atoms with Gasteiger partial charge in [0.1, 0.15) is 0 Å². The number of piperidine rings is 1. The highest BCUT2D eigenvalue weighted by atomic mass is 35.5. The average Bonchev–Trinajstić information content (AvgIpc) is 3.04. The van der Waals surface area contributed by atoms with E-state index in [-0.39, 0.29) is 17.7 Å². The van der Waals surface area contributed by atoms with E-state index in [0.29, 0.717) is 31.8 Å². The van der Waals surface area contributed by atoms with Crippen molar-refractivity contribution in [2.45, 2.75) is 26.2 Å².